The minimum atomic E-state index is -0.0349. The number of aryl methyl sites for hydroxylation is 1. The van der Waals surface area contributed by atoms with Crippen molar-refractivity contribution in [3.8, 4) is 22.8 Å². The maximum absolute atomic E-state index is 12.5. The second-order valence-corrected chi connectivity index (χ2v) is 9.29. The average molecular weight is 499 g/mol. The molecule has 2 aromatic heterocycles. The topological polar surface area (TPSA) is 86.2 Å². The SMILES string of the molecule is COc1ccc(-c2cnc3ccc(NC(=O)CCC[C@H](C)CCCc4ccccc4)nc3n2)cc1OC. The van der Waals surface area contributed by atoms with Crippen molar-refractivity contribution in [2.45, 2.75) is 45.4 Å². The first kappa shape index (κ1) is 26.1. The Balaban J connectivity index is 1.29. The van der Waals surface area contributed by atoms with Crippen LogP contribution in [0.2, 0.25) is 0 Å². The Kier molecular flexibility index (Phi) is 9.03. The number of aromatic nitrogens is 3. The summed E-state index contributed by atoms with van der Waals surface area (Å²) in [6.07, 6.45) is 7.51. The van der Waals surface area contributed by atoms with Crippen LogP contribution in [0.3, 0.4) is 0 Å². The summed E-state index contributed by atoms with van der Waals surface area (Å²) in [5, 5.41) is 2.91. The molecule has 7 heteroatoms. The van der Waals surface area contributed by atoms with Gasteiger partial charge in [0.15, 0.2) is 17.1 Å². The van der Waals surface area contributed by atoms with Crippen LogP contribution in [0.15, 0.2) is 66.9 Å². The number of ether oxygens (including phenoxy) is 2. The third kappa shape index (κ3) is 7.26. The molecular formula is C30H34N4O3. The molecule has 0 spiro atoms. The summed E-state index contributed by atoms with van der Waals surface area (Å²) < 4.78 is 10.7. The highest BCUT2D eigenvalue weighted by molar-refractivity contribution is 5.90. The molecule has 37 heavy (non-hydrogen) atoms. The Bertz CT molecular complexity index is 1330. The Hall–Kier alpha value is -4.00. The number of nitrogens with zero attached hydrogens (tertiary/aromatic N) is 3. The fraction of sp³-hybridized carbons (Fsp3) is 0.333. The summed E-state index contributed by atoms with van der Waals surface area (Å²) >= 11 is 0. The lowest BCUT2D eigenvalue weighted by atomic mass is 9.96. The molecule has 4 aromatic rings. The van der Waals surface area contributed by atoms with E-state index in [-0.39, 0.29) is 5.91 Å². The summed E-state index contributed by atoms with van der Waals surface area (Å²) in [7, 11) is 3.19. The van der Waals surface area contributed by atoms with Crippen molar-refractivity contribution in [3.05, 3.63) is 72.4 Å². The largest absolute Gasteiger partial charge is 0.493 e. The van der Waals surface area contributed by atoms with E-state index < -0.39 is 0 Å². The van der Waals surface area contributed by atoms with Crippen LogP contribution in [0.25, 0.3) is 22.4 Å². The van der Waals surface area contributed by atoms with Gasteiger partial charge in [-0.05, 0) is 61.1 Å². The zero-order valence-corrected chi connectivity index (χ0v) is 21.7. The standard InChI is InChI=1S/C30H34N4O3/c1-21(9-7-13-22-11-5-4-6-12-22)10-8-14-29(35)33-28-18-16-24-30(34-28)32-25(20-31-24)23-15-17-26(36-2)27(19-23)37-3/h4-6,11-12,15-21H,7-10,13-14H2,1-3H3,(H,32,33,34,35)/t21-/m1/s1. The first-order chi connectivity index (χ1) is 18.1. The third-order valence-electron chi connectivity index (χ3n) is 6.46. The Morgan fingerprint density at radius 1 is 0.919 bits per heavy atom. The molecule has 0 fully saturated rings. The zero-order chi connectivity index (χ0) is 26.0. The molecule has 0 aliphatic heterocycles. The fourth-order valence-corrected chi connectivity index (χ4v) is 4.36. The quantitative estimate of drug-likeness (QED) is 0.241. The second-order valence-electron chi connectivity index (χ2n) is 9.29. The maximum Gasteiger partial charge on any atom is 0.225 e. The number of carbonyl (C=O) groups is 1. The van der Waals surface area contributed by atoms with Crippen LogP contribution in [0, 0.1) is 5.92 Å². The monoisotopic (exact) mass is 498 g/mol. The summed E-state index contributed by atoms with van der Waals surface area (Å²) in [5.41, 5.74) is 4.01. The van der Waals surface area contributed by atoms with Gasteiger partial charge in [-0.1, -0.05) is 50.1 Å². The number of carbonyl (C=O) groups excluding carboxylic acids is 1. The minimum absolute atomic E-state index is 0.0349. The van der Waals surface area contributed by atoms with E-state index in [1.165, 1.54) is 18.4 Å². The van der Waals surface area contributed by atoms with E-state index in [4.69, 9.17) is 9.47 Å². The summed E-state index contributed by atoms with van der Waals surface area (Å²) in [6.45, 7) is 2.27. The van der Waals surface area contributed by atoms with E-state index in [2.05, 4.69) is 57.5 Å². The van der Waals surface area contributed by atoms with E-state index >= 15 is 0 Å². The third-order valence-corrected chi connectivity index (χ3v) is 6.46. The van der Waals surface area contributed by atoms with E-state index in [0.717, 1.165) is 24.8 Å². The lowest BCUT2D eigenvalue weighted by Gasteiger charge is -2.11. The first-order valence-electron chi connectivity index (χ1n) is 12.8. The molecule has 4 rings (SSSR count). The van der Waals surface area contributed by atoms with Gasteiger partial charge in [0, 0.05) is 12.0 Å². The Morgan fingerprint density at radius 3 is 2.49 bits per heavy atom. The number of hydrogen-bond acceptors (Lipinski definition) is 6. The summed E-state index contributed by atoms with van der Waals surface area (Å²) in [5.74, 6) is 2.30. The van der Waals surface area contributed by atoms with Crippen molar-refractivity contribution in [1.82, 2.24) is 15.0 Å². The van der Waals surface area contributed by atoms with Crippen molar-refractivity contribution in [3.63, 3.8) is 0 Å². The average Bonchev–Trinajstić information content (AvgIpc) is 2.92. The number of nitrogens with one attached hydrogen (secondary N) is 1. The molecule has 2 heterocycles. The highest BCUT2D eigenvalue weighted by atomic mass is 16.5. The number of rotatable bonds is 12. The molecule has 0 radical (unpaired) electrons. The summed E-state index contributed by atoms with van der Waals surface area (Å²) in [4.78, 5) is 26.2. The van der Waals surface area contributed by atoms with Crippen LogP contribution < -0.4 is 14.8 Å². The number of pyridine rings is 1. The van der Waals surface area contributed by atoms with Gasteiger partial charge in [-0.2, -0.15) is 0 Å². The van der Waals surface area contributed by atoms with Crippen LogP contribution in [0.1, 0.15) is 44.6 Å². The predicted octanol–water partition coefficient (Wildman–Crippen LogP) is 6.48. The molecule has 0 bridgehead atoms. The maximum atomic E-state index is 12.5. The molecule has 0 saturated carbocycles. The predicted molar refractivity (Wildman–Crippen MR) is 147 cm³/mol. The van der Waals surface area contributed by atoms with Gasteiger partial charge >= 0.3 is 0 Å². The van der Waals surface area contributed by atoms with Crippen molar-refractivity contribution in [2.75, 3.05) is 19.5 Å². The van der Waals surface area contributed by atoms with Gasteiger partial charge in [-0.15, -0.1) is 0 Å². The van der Waals surface area contributed by atoms with Crippen LogP contribution in [0.5, 0.6) is 11.5 Å². The molecule has 0 unspecified atom stereocenters. The minimum Gasteiger partial charge on any atom is -0.493 e. The molecule has 0 aliphatic rings. The van der Waals surface area contributed by atoms with Gasteiger partial charge < -0.3 is 14.8 Å². The number of anilines is 1. The first-order valence-corrected chi connectivity index (χ1v) is 12.8. The lowest BCUT2D eigenvalue weighted by Crippen LogP contribution is -2.13. The van der Waals surface area contributed by atoms with Gasteiger partial charge in [0.25, 0.3) is 0 Å². The van der Waals surface area contributed by atoms with Crippen LogP contribution >= 0.6 is 0 Å². The van der Waals surface area contributed by atoms with Crippen LogP contribution in [0.4, 0.5) is 5.82 Å². The number of amides is 1. The second kappa shape index (κ2) is 12.8. The molecule has 0 aliphatic carbocycles. The van der Waals surface area contributed by atoms with E-state index in [9.17, 15) is 4.79 Å². The van der Waals surface area contributed by atoms with E-state index in [1.54, 1.807) is 26.5 Å². The molecule has 192 valence electrons. The smallest absolute Gasteiger partial charge is 0.225 e. The summed E-state index contributed by atoms with van der Waals surface area (Å²) in [6, 6.07) is 19.7. The van der Waals surface area contributed by atoms with Crippen molar-refractivity contribution in [2.24, 2.45) is 5.92 Å². The number of hydrogen-bond donors (Lipinski definition) is 1. The molecular weight excluding hydrogens is 464 g/mol. The van der Waals surface area contributed by atoms with Crippen molar-refractivity contribution >= 4 is 22.9 Å². The fourth-order valence-electron chi connectivity index (χ4n) is 4.36. The van der Waals surface area contributed by atoms with E-state index in [0.29, 0.717) is 46.5 Å². The number of benzene rings is 2. The van der Waals surface area contributed by atoms with Crippen molar-refractivity contribution in [1.29, 1.82) is 0 Å². The Morgan fingerprint density at radius 2 is 1.70 bits per heavy atom. The molecule has 0 saturated heterocycles. The van der Waals surface area contributed by atoms with Gasteiger partial charge in [0.2, 0.25) is 5.91 Å². The highest BCUT2D eigenvalue weighted by Crippen LogP contribution is 2.31. The van der Waals surface area contributed by atoms with E-state index in [1.807, 2.05) is 24.3 Å². The molecule has 2 aromatic carbocycles. The number of methoxy groups -OCH3 is 2. The van der Waals surface area contributed by atoms with Gasteiger partial charge in [-0.25, -0.2) is 9.97 Å². The Labute approximate surface area is 218 Å². The van der Waals surface area contributed by atoms with Crippen LogP contribution in [-0.2, 0) is 11.2 Å². The highest BCUT2D eigenvalue weighted by Gasteiger charge is 2.11. The molecule has 7 nitrogen and oxygen atoms in total. The van der Waals surface area contributed by atoms with Crippen molar-refractivity contribution < 1.29 is 14.3 Å². The van der Waals surface area contributed by atoms with Gasteiger partial charge in [0.1, 0.15) is 11.3 Å². The van der Waals surface area contributed by atoms with Gasteiger partial charge in [0.05, 0.1) is 26.1 Å². The van der Waals surface area contributed by atoms with Gasteiger partial charge in [-0.3, -0.25) is 9.78 Å². The number of fused-ring (bicyclic) bond motifs is 1. The molecule has 1 amide bonds. The van der Waals surface area contributed by atoms with Crippen LogP contribution in [-0.4, -0.2) is 35.1 Å². The normalized spacial score (nSPS) is 11.8. The molecule has 1 N–H and O–H groups in total. The lowest BCUT2D eigenvalue weighted by molar-refractivity contribution is -0.116. The zero-order valence-electron chi connectivity index (χ0n) is 21.7. The molecule has 1 atom stereocenters.